The number of ether oxygens (including phenoxy) is 1. The Morgan fingerprint density at radius 1 is 1.38 bits per heavy atom. The molecule has 0 spiro atoms. The zero-order valence-corrected chi connectivity index (χ0v) is 18.2. The monoisotopic (exact) mass is 466 g/mol. The Labute approximate surface area is 167 Å². The summed E-state index contributed by atoms with van der Waals surface area (Å²) in [6.45, 7) is 7.55. The lowest BCUT2D eigenvalue weighted by molar-refractivity contribution is 0.0732. The van der Waals surface area contributed by atoms with E-state index >= 15 is 0 Å². The van der Waals surface area contributed by atoms with E-state index in [0.717, 1.165) is 44.2 Å². The van der Waals surface area contributed by atoms with Crippen LogP contribution >= 0.6 is 35.3 Å². The van der Waals surface area contributed by atoms with Crippen LogP contribution in [0.15, 0.2) is 10.4 Å². The zero-order chi connectivity index (χ0) is 16.5. The van der Waals surface area contributed by atoms with Gasteiger partial charge in [-0.2, -0.15) is 0 Å². The van der Waals surface area contributed by atoms with Gasteiger partial charge in [0.2, 0.25) is 0 Å². The molecular weight excluding hydrogens is 435 g/mol. The van der Waals surface area contributed by atoms with Crippen LogP contribution in [-0.4, -0.2) is 37.7 Å². The van der Waals surface area contributed by atoms with Crippen LogP contribution < -0.4 is 10.6 Å². The fraction of sp³-hybridized carbons (Fsp3) is 0.765. The largest absolute Gasteiger partial charge is 0.385 e. The van der Waals surface area contributed by atoms with Crippen LogP contribution in [0.5, 0.6) is 0 Å². The number of nitrogens with one attached hydrogen (secondary N) is 2. The van der Waals surface area contributed by atoms with Crippen LogP contribution in [0.25, 0.3) is 0 Å². The molecule has 1 aliphatic rings. The van der Waals surface area contributed by atoms with Gasteiger partial charge in [0.25, 0.3) is 0 Å². The molecule has 1 aromatic rings. The Morgan fingerprint density at radius 2 is 2.17 bits per heavy atom. The molecular formula is C17H31IN4OS. The first kappa shape index (κ1) is 21.6. The van der Waals surface area contributed by atoms with Crippen molar-refractivity contribution in [2.45, 2.75) is 52.5 Å². The van der Waals surface area contributed by atoms with Crippen LogP contribution in [0.3, 0.4) is 0 Å². The zero-order valence-electron chi connectivity index (χ0n) is 15.1. The minimum atomic E-state index is 0. The van der Waals surface area contributed by atoms with Crippen molar-refractivity contribution < 1.29 is 4.74 Å². The van der Waals surface area contributed by atoms with Crippen LogP contribution in [0.2, 0.25) is 0 Å². The van der Waals surface area contributed by atoms with E-state index in [2.05, 4.69) is 39.8 Å². The number of thiazole rings is 1. The molecule has 0 bridgehead atoms. The van der Waals surface area contributed by atoms with Crippen molar-refractivity contribution in [2.75, 3.05) is 26.8 Å². The molecule has 1 fully saturated rings. The van der Waals surface area contributed by atoms with Gasteiger partial charge >= 0.3 is 0 Å². The molecule has 0 aliphatic heterocycles. The van der Waals surface area contributed by atoms with Crippen LogP contribution in [0.1, 0.15) is 50.2 Å². The second kappa shape index (κ2) is 11.3. The molecule has 1 heterocycles. The first-order valence-electron chi connectivity index (χ1n) is 8.66. The highest BCUT2D eigenvalue weighted by Gasteiger charge is 2.36. The summed E-state index contributed by atoms with van der Waals surface area (Å²) in [4.78, 5) is 9.26. The van der Waals surface area contributed by atoms with Crippen molar-refractivity contribution >= 4 is 41.3 Å². The van der Waals surface area contributed by atoms with Gasteiger partial charge in [-0.1, -0.05) is 13.3 Å². The van der Waals surface area contributed by atoms with Crippen molar-refractivity contribution in [3.8, 4) is 0 Å². The average molecular weight is 466 g/mol. The Morgan fingerprint density at radius 3 is 2.71 bits per heavy atom. The molecule has 24 heavy (non-hydrogen) atoms. The predicted molar refractivity (Wildman–Crippen MR) is 113 cm³/mol. The van der Waals surface area contributed by atoms with Gasteiger partial charge in [0.05, 0.1) is 17.2 Å². The van der Waals surface area contributed by atoms with Crippen molar-refractivity contribution in [3.05, 3.63) is 16.1 Å². The van der Waals surface area contributed by atoms with E-state index in [0.29, 0.717) is 12.0 Å². The summed E-state index contributed by atoms with van der Waals surface area (Å²) >= 11 is 1.72. The van der Waals surface area contributed by atoms with Crippen molar-refractivity contribution in [3.63, 3.8) is 0 Å². The molecule has 0 radical (unpaired) electrons. The lowest BCUT2D eigenvalue weighted by atomic mass is 9.67. The summed E-state index contributed by atoms with van der Waals surface area (Å²) in [6.07, 6.45) is 6.03. The topological polar surface area (TPSA) is 58.5 Å². The molecule has 0 saturated heterocycles. The summed E-state index contributed by atoms with van der Waals surface area (Å²) in [7, 11) is 1.78. The highest BCUT2D eigenvalue weighted by atomic mass is 127. The van der Waals surface area contributed by atoms with Crippen molar-refractivity contribution in [1.82, 2.24) is 15.6 Å². The van der Waals surface area contributed by atoms with Crippen LogP contribution in [0, 0.1) is 5.41 Å². The van der Waals surface area contributed by atoms with Crippen molar-refractivity contribution in [2.24, 2.45) is 10.4 Å². The first-order chi connectivity index (χ1) is 11.2. The highest BCUT2D eigenvalue weighted by molar-refractivity contribution is 14.0. The number of hydrogen-bond acceptors (Lipinski definition) is 4. The molecule has 138 valence electrons. The molecule has 2 rings (SSSR count). The standard InChI is InChI=1S/C17H30N4OS.HI/c1-4-15-21-14(12-23-15)11-19-16(18-5-2)20-13-17(7-6-8-17)9-10-22-3;/h12H,4-11,13H2,1-3H3,(H2,18,19,20);1H. The molecule has 7 heteroatoms. The van der Waals surface area contributed by atoms with E-state index in [1.807, 2.05) is 0 Å². The van der Waals surface area contributed by atoms with E-state index < -0.39 is 0 Å². The first-order valence-corrected chi connectivity index (χ1v) is 9.53. The van der Waals surface area contributed by atoms with E-state index in [1.165, 1.54) is 24.3 Å². The van der Waals surface area contributed by atoms with E-state index in [4.69, 9.17) is 4.74 Å². The number of guanidine groups is 1. The maximum atomic E-state index is 5.27. The second-order valence-corrected chi connectivity index (χ2v) is 7.17. The number of aliphatic imine (C=N–C) groups is 1. The summed E-state index contributed by atoms with van der Waals surface area (Å²) in [5.41, 5.74) is 1.45. The van der Waals surface area contributed by atoms with Gasteiger partial charge in [-0.3, -0.25) is 0 Å². The van der Waals surface area contributed by atoms with E-state index in [9.17, 15) is 0 Å². The molecule has 5 nitrogen and oxygen atoms in total. The van der Waals surface area contributed by atoms with Gasteiger partial charge in [0.15, 0.2) is 5.96 Å². The molecule has 0 amide bonds. The van der Waals surface area contributed by atoms with Crippen LogP contribution in [0.4, 0.5) is 0 Å². The third kappa shape index (κ3) is 6.48. The lowest BCUT2D eigenvalue weighted by Crippen LogP contribution is -2.46. The summed E-state index contributed by atoms with van der Waals surface area (Å²) in [5, 5.41) is 10.1. The summed E-state index contributed by atoms with van der Waals surface area (Å²) in [5.74, 6) is 0.891. The molecule has 1 aromatic heterocycles. The minimum absolute atomic E-state index is 0. The molecule has 1 saturated carbocycles. The molecule has 0 aromatic carbocycles. The highest BCUT2D eigenvalue weighted by Crippen LogP contribution is 2.43. The molecule has 1 aliphatic carbocycles. The Bertz CT molecular complexity index is 503. The summed E-state index contributed by atoms with van der Waals surface area (Å²) in [6, 6.07) is 0. The third-order valence-corrected chi connectivity index (χ3v) is 5.57. The van der Waals surface area contributed by atoms with E-state index in [-0.39, 0.29) is 24.0 Å². The summed E-state index contributed by atoms with van der Waals surface area (Å²) < 4.78 is 5.27. The Kier molecular flexibility index (Phi) is 10.1. The smallest absolute Gasteiger partial charge is 0.191 e. The third-order valence-electron chi connectivity index (χ3n) is 4.53. The number of rotatable bonds is 9. The maximum absolute atomic E-state index is 5.27. The molecule has 0 unspecified atom stereocenters. The van der Waals surface area contributed by atoms with E-state index in [1.54, 1.807) is 18.4 Å². The van der Waals surface area contributed by atoms with Gasteiger partial charge in [0, 0.05) is 32.2 Å². The van der Waals surface area contributed by atoms with Gasteiger partial charge in [-0.15, -0.1) is 35.3 Å². The minimum Gasteiger partial charge on any atom is -0.385 e. The van der Waals surface area contributed by atoms with Gasteiger partial charge in [-0.25, -0.2) is 9.98 Å². The predicted octanol–water partition coefficient (Wildman–Crippen LogP) is 3.59. The number of halogens is 1. The number of methoxy groups -OCH3 is 1. The lowest BCUT2D eigenvalue weighted by Gasteiger charge is -2.42. The fourth-order valence-electron chi connectivity index (χ4n) is 2.87. The van der Waals surface area contributed by atoms with Gasteiger partial charge in [0.1, 0.15) is 0 Å². The number of nitrogens with zero attached hydrogens (tertiary/aromatic N) is 2. The quantitative estimate of drug-likeness (QED) is 0.332. The van der Waals surface area contributed by atoms with Crippen LogP contribution in [-0.2, 0) is 17.7 Å². The number of aryl methyl sites for hydroxylation is 1. The normalized spacial score (nSPS) is 16.2. The maximum Gasteiger partial charge on any atom is 0.191 e. The number of aromatic nitrogens is 1. The SMILES string of the molecule is CCNC(=NCc1csc(CC)n1)NCC1(CCOC)CCC1.I. The molecule has 2 N–H and O–H groups in total. The average Bonchev–Trinajstić information content (AvgIpc) is 2.99. The Balaban J connectivity index is 0.00000288. The van der Waals surface area contributed by atoms with Crippen molar-refractivity contribution in [1.29, 1.82) is 0 Å². The second-order valence-electron chi connectivity index (χ2n) is 6.23. The molecule has 0 atom stereocenters. The van der Waals surface area contributed by atoms with Gasteiger partial charge in [-0.05, 0) is 38.0 Å². The van der Waals surface area contributed by atoms with Gasteiger partial charge < -0.3 is 15.4 Å². The Hall–Kier alpha value is -0.410. The number of hydrogen-bond donors (Lipinski definition) is 2. The fourth-order valence-corrected chi connectivity index (χ4v) is 3.60.